The molecule has 0 aromatic heterocycles. The van der Waals surface area contributed by atoms with Crippen LogP contribution in [-0.4, -0.2) is 72.3 Å². The topological polar surface area (TPSA) is 95.8 Å². The molecular formula is C37H44N5O4+. The van der Waals surface area contributed by atoms with E-state index >= 15 is 0 Å². The SMILES string of the molecule is CC1=C(N(C=O)CCCN2CCC(c3ccccc3)(c3ccccc3)CC2)C(c2ccc([N+](=O)[O-])cc2)C([N+](C)(C)C=O)=C(C)N1. The normalized spacial score (nSPS) is 18.6. The maximum Gasteiger partial charge on any atom is 0.305 e. The summed E-state index contributed by atoms with van der Waals surface area (Å²) in [6.45, 7) is 7.12. The van der Waals surface area contributed by atoms with E-state index in [9.17, 15) is 19.7 Å². The molecule has 0 aliphatic carbocycles. The summed E-state index contributed by atoms with van der Waals surface area (Å²) in [6, 6.07) is 28.0. The highest BCUT2D eigenvalue weighted by Gasteiger charge is 2.42. The number of non-ortho nitro benzene ring substituents is 1. The summed E-state index contributed by atoms with van der Waals surface area (Å²) in [4.78, 5) is 40.2. The van der Waals surface area contributed by atoms with Crippen molar-refractivity contribution in [2.24, 2.45) is 0 Å². The quantitative estimate of drug-likeness (QED) is 0.117. The zero-order chi connectivity index (χ0) is 32.9. The number of nitrogens with zero attached hydrogens (tertiary/aromatic N) is 4. The first-order chi connectivity index (χ1) is 22.1. The molecule has 0 saturated carbocycles. The minimum absolute atomic E-state index is 0.0105. The average molecular weight is 623 g/mol. The number of hydrogen-bond donors (Lipinski definition) is 1. The maximum absolute atomic E-state index is 12.7. The molecule has 1 N–H and O–H groups in total. The Balaban J connectivity index is 1.34. The Morgan fingerprint density at radius 1 is 0.913 bits per heavy atom. The first-order valence-electron chi connectivity index (χ1n) is 15.9. The molecule has 9 nitrogen and oxygen atoms in total. The summed E-state index contributed by atoms with van der Waals surface area (Å²) in [5.41, 5.74) is 6.63. The number of amides is 2. The number of carbonyl (C=O) groups excluding carboxylic acids is 2. The van der Waals surface area contributed by atoms with Crippen LogP contribution in [0.25, 0.3) is 0 Å². The summed E-state index contributed by atoms with van der Waals surface area (Å²) in [7, 11) is 3.60. The molecule has 2 aliphatic heterocycles. The van der Waals surface area contributed by atoms with Crippen LogP contribution < -0.4 is 5.32 Å². The van der Waals surface area contributed by atoms with Gasteiger partial charge in [-0.15, -0.1) is 0 Å². The number of dihydropyridines is 1. The number of rotatable bonds is 12. The van der Waals surface area contributed by atoms with Gasteiger partial charge in [-0.05, 0) is 69.4 Å². The molecule has 2 heterocycles. The van der Waals surface area contributed by atoms with Gasteiger partial charge in [0, 0.05) is 29.8 Å². The van der Waals surface area contributed by atoms with E-state index < -0.39 is 10.8 Å². The predicted octanol–water partition coefficient (Wildman–Crippen LogP) is 5.91. The Morgan fingerprint density at radius 3 is 1.98 bits per heavy atom. The number of nitro benzene ring substituents is 1. The van der Waals surface area contributed by atoms with Crippen LogP contribution in [0.4, 0.5) is 5.69 Å². The number of piperidine rings is 1. The molecule has 5 rings (SSSR count). The number of likely N-dealkylation sites (tertiary alicyclic amines) is 1. The largest absolute Gasteiger partial charge is 0.357 e. The molecule has 3 aromatic rings. The number of nitro groups is 1. The molecule has 0 bridgehead atoms. The van der Waals surface area contributed by atoms with Gasteiger partial charge >= 0.3 is 6.41 Å². The third-order valence-electron chi connectivity index (χ3n) is 9.68. The number of nitrogens with one attached hydrogen (secondary N) is 1. The molecule has 1 fully saturated rings. The van der Waals surface area contributed by atoms with Gasteiger partial charge in [0.05, 0.1) is 30.4 Å². The van der Waals surface area contributed by atoms with Crippen LogP contribution in [0, 0.1) is 10.1 Å². The van der Waals surface area contributed by atoms with Crippen molar-refractivity contribution < 1.29 is 19.0 Å². The Bertz CT molecular complexity index is 1570. The fourth-order valence-electron chi connectivity index (χ4n) is 7.39. The van der Waals surface area contributed by atoms with E-state index in [0.717, 1.165) is 80.1 Å². The van der Waals surface area contributed by atoms with Crippen LogP contribution in [0.3, 0.4) is 0 Å². The lowest BCUT2D eigenvalue weighted by atomic mass is 9.68. The first-order valence-corrected chi connectivity index (χ1v) is 15.9. The van der Waals surface area contributed by atoms with E-state index in [4.69, 9.17) is 0 Å². The highest BCUT2D eigenvalue weighted by Crippen LogP contribution is 2.43. The van der Waals surface area contributed by atoms with Crippen LogP contribution in [0.15, 0.2) is 108 Å². The molecule has 240 valence electrons. The van der Waals surface area contributed by atoms with Crippen LogP contribution in [0.5, 0.6) is 0 Å². The fraction of sp³-hybridized carbons (Fsp3) is 0.351. The van der Waals surface area contributed by atoms with Gasteiger partial charge in [-0.25, -0.2) is 9.28 Å². The Hall–Kier alpha value is -4.60. The van der Waals surface area contributed by atoms with Crippen molar-refractivity contribution in [3.8, 4) is 0 Å². The van der Waals surface area contributed by atoms with Crippen molar-refractivity contribution in [1.82, 2.24) is 15.1 Å². The molecule has 1 saturated heterocycles. The minimum Gasteiger partial charge on any atom is -0.357 e. The fourth-order valence-corrected chi connectivity index (χ4v) is 7.39. The van der Waals surface area contributed by atoms with Gasteiger partial charge < -0.3 is 15.1 Å². The second kappa shape index (κ2) is 13.8. The van der Waals surface area contributed by atoms with Gasteiger partial charge in [-0.1, -0.05) is 72.8 Å². The van der Waals surface area contributed by atoms with Crippen molar-refractivity contribution in [2.75, 3.05) is 40.3 Å². The summed E-state index contributed by atoms with van der Waals surface area (Å²) >= 11 is 0. The second-order valence-electron chi connectivity index (χ2n) is 12.9. The van der Waals surface area contributed by atoms with Crippen LogP contribution in [0.1, 0.15) is 55.7 Å². The molecule has 1 unspecified atom stereocenters. The highest BCUT2D eigenvalue weighted by molar-refractivity contribution is 5.57. The Morgan fingerprint density at radius 2 is 1.48 bits per heavy atom. The van der Waals surface area contributed by atoms with Gasteiger partial charge in [0.1, 0.15) is 11.6 Å². The number of benzene rings is 3. The Kier molecular flexibility index (Phi) is 9.84. The lowest BCUT2D eigenvalue weighted by Crippen LogP contribution is -2.46. The van der Waals surface area contributed by atoms with Gasteiger partial charge in [-0.2, -0.15) is 0 Å². The van der Waals surface area contributed by atoms with E-state index in [2.05, 4.69) is 70.9 Å². The zero-order valence-electron chi connectivity index (χ0n) is 27.2. The van der Waals surface area contributed by atoms with Crippen LogP contribution in [0.2, 0.25) is 0 Å². The number of quaternary nitrogens is 1. The van der Waals surface area contributed by atoms with Crippen molar-refractivity contribution in [3.63, 3.8) is 0 Å². The van der Waals surface area contributed by atoms with E-state index in [1.807, 2.05) is 13.8 Å². The summed E-state index contributed by atoms with van der Waals surface area (Å²) in [6.07, 6.45) is 4.53. The van der Waals surface area contributed by atoms with Crippen molar-refractivity contribution in [2.45, 2.75) is 44.4 Å². The zero-order valence-corrected chi connectivity index (χ0v) is 27.2. The average Bonchev–Trinajstić information content (AvgIpc) is 3.08. The summed E-state index contributed by atoms with van der Waals surface area (Å²) < 4.78 is -0.0533. The molecule has 2 amide bonds. The lowest BCUT2D eigenvalue weighted by molar-refractivity contribution is -0.766. The maximum atomic E-state index is 12.7. The van der Waals surface area contributed by atoms with Gasteiger partial charge in [0.25, 0.3) is 5.69 Å². The molecule has 2 aliphatic rings. The lowest BCUT2D eigenvalue weighted by Gasteiger charge is -2.43. The molecule has 9 heteroatoms. The summed E-state index contributed by atoms with van der Waals surface area (Å²) in [5, 5.41) is 14.8. The number of carbonyl (C=O) groups is 2. The third-order valence-corrected chi connectivity index (χ3v) is 9.68. The molecule has 0 spiro atoms. The number of likely N-dealkylation sites (N-methyl/N-ethyl adjacent to an activating group) is 1. The van der Waals surface area contributed by atoms with Crippen LogP contribution in [-0.2, 0) is 15.0 Å². The summed E-state index contributed by atoms with van der Waals surface area (Å²) in [5.74, 6) is -0.445. The monoisotopic (exact) mass is 622 g/mol. The molecular weight excluding hydrogens is 578 g/mol. The van der Waals surface area contributed by atoms with E-state index in [-0.39, 0.29) is 15.6 Å². The number of allylic oxidation sites excluding steroid dienone is 2. The molecule has 1 atom stereocenters. The van der Waals surface area contributed by atoms with Crippen LogP contribution >= 0.6 is 0 Å². The van der Waals surface area contributed by atoms with E-state index in [1.54, 1.807) is 31.1 Å². The van der Waals surface area contributed by atoms with Gasteiger partial charge in [-0.3, -0.25) is 14.9 Å². The standard InChI is InChI=1S/C37H44N5O4/c1-28-35(34(30-16-18-33(19-17-30)41(45)46)36(29(2)38-28)42(3,4)27-44)40(26-43)23-11-22-39-24-20-37(21-25-39,31-12-7-5-8-13-31)32-14-9-6-10-15-32/h5-10,12-19,26-27,34,38H,11,20-25H2,1-4H3/q+1. The number of hydrogen-bond acceptors (Lipinski definition) is 6. The molecule has 46 heavy (non-hydrogen) atoms. The van der Waals surface area contributed by atoms with Gasteiger partial charge in [0.15, 0.2) is 0 Å². The predicted molar refractivity (Wildman–Crippen MR) is 179 cm³/mol. The molecule has 0 radical (unpaired) electrons. The molecule has 3 aromatic carbocycles. The van der Waals surface area contributed by atoms with Crippen molar-refractivity contribution in [3.05, 3.63) is 135 Å². The third kappa shape index (κ3) is 6.52. The smallest absolute Gasteiger partial charge is 0.305 e. The van der Waals surface area contributed by atoms with Crippen molar-refractivity contribution in [1.29, 1.82) is 0 Å². The second-order valence-corrected chi connectivity index (χ2v) is 12.9. The highest BCUT2D eigenvalue weighted by atomic mass is 16.6. The Labute approximate surface area is 271 Å². The van der Waals surface area contributed by atoms with E-state index in [0.29, 0.717) is 6.54 Å². The van der Waals surface area contributed by atoms with E-state index in [1.165, 1.54) is 23.3 Å². The van der Waals surface area contributed by atoms with Crippen molar-refractivity contribution >= 4 is 18.5 Å². The van der Waals surface area contributed by atoms with Gasteiger partial charge in [0.2, 0.25) is 6.41 Å². The first kappa shape index (κ1) is 32.8. The minimum atomic E-state index is -0.445.